The first-order valence-electron chi connectivity index (χ1n) is 9.76. The van der Waals surface area contributed by atoms with E-state index in [0.717, 1.165) is 42.0 Å². The van der Waals surface area contributed by atoms with E-state index in [1.807, 2.05) is 57.2 Å². The molecule has 0 aliphatic carbocycles. The molecule has 2 aromatic rings. The second kappa shape index (κ2) is 8.25. The Balaban J connectivity index is 1.74. The van der Waals surface area contributed by atoms with E-state index in [2.05, 4.69) is 6.07 Å². The zero-order valence-electron chi connectivity index (χ0n) is 16.7. The zero-order valence-corrected chi connectivity index (χ0v) is 18.3. The smallest absolute Gasteiger partial charge is 0.271 e. The molecule has 0 aromatic heterocycles. The van der Waals surface area contributed by atoms with Gasteiger partial charge in [0.05, 0.1) is 17.2 Å². The number of carbonyl (C=O) groups is 1. The van der Waals surface area contributed by atoms with E-state index < -0.39 is 0 Å². The Labute approximate surface area is 180 Å². The average Bonchev–Trinajstić information content (AvgIpc) is 2.98. The molecule has 0 bridgehead atoms. The Morgan fingerprint density at radius 3 is 2.90 bits per heavy atom. The molecular formula is C23H23ClN2O2S. The molecule has 1 fully saturated rings. The van der Waals surface area contributed by atoms with Crippen LogP contribution in [-0.2, 0) is 11.2 Å². The van der Waals surface area contributed by atoms with Crippen molar-refractivity contribution in [3.05, 3.63) is 63.0 Å². The average molecular weight is 427 g/mol. The number of hydrogen-bond donors (Lipinski definition) is 0. The Morgan fingerprint density at radius 2 is 2.10 bits per heavy atom. The molecule has 6 heteroatoms. The van der Waals surface area contributed by atoms with Gasteiger partial charge in [-0.15, -0.1) is 0 Å². The number of anilines is 1. The van der Waals surface area contributed by atoms with Crippen LogP contribution in [0.5, 0.6) is 5.75 Å². The molecule has 1 amide bonds. The van der Waals surface area contributed by atoms with E-state index in [1.165, 1.54) is 17.3 Å². The number of nitrogens with zero attached hydrogens (tertiary/aromatic N) is 2. The molecule has 2 heterocycles. The van der Waals surface area contributed by atoms with Crippen molar-refractivity contribution in [1.82, 2.24) is 0 Å². The molecule has 4 nitrogen and oxygen atoms in total. The summed E-state index contributed by atoms with van der Waals surface area (Å²) in [5, 5.41) is 1.32. The lowest BCUT2D eigenvalue weighted by Crippen LogP contribution is -2.30. The van der Waals surface area contributed by atoms with Crippen molar-refractivity contribution in [2.24, 2.45) is 4.99 Å². The summed E-state index contributed by atoms with van der Waals surface area (Å²) < 4.78 is 5.70. The van der Waals surface area contributed by atoms with Gasteiger partial charge in [0, 0.05) is 11.1 Å². The summed E-state index contributed by atoms with van der Waals surface area (Å²) in [5.74, 6) is 0.871. The molecule has 0 unspecified atom stereocenters. The maximum atomic E-state index is 13.3. The molecule has 0 atom stereocenters. The number of fused-ring (bicyclic) bond motifs is 1. The number of thioether (sulfide) groups is 1. The lowest BCUT2D eigenvalue weighted by Gasteiger charge is -2.19. The van der Waals surface area contributed by atoms with Crippen molar-refractivity contribution >= 4 is 46.2 Å². The minimum absolute atomic E-state index is 0.0752. The number of halogens is 1. The van der Waals surface area contributed by atoms with Gasteiger partial charge in [0.25, 0.3) is 5.91 Å². The molecule has 1 saturated heterocycles. The minimum atomic E-state index is -0.0752. The Morgan fingerprint density at radius 1 is 1.28 bits per heavy atom. The molecule has 2 aromatic carbocycles. The van der Waals surface area contributed by atoms with Gasteiger partial charge >= 0.3 is 0 Å². The fourth-order valence-corrected chi connectivity index (χ4v) is 4.73. The third kappa shape index (κ3) is 4.07. The summed E-state index contributed by atoms with van der Waals surface area (Å²) in [5.41, 5.74) is 3.83. The number of aryl methyl sites for hydroxylation is 1. The van der Waals surface area contributed by atoms with Gasteiger partial charge < -0.3 is 4.74 Å². The van der Waals surface area contributed by atoms with Crippen LogP contribution in [0.2, 0.25) is 5.02 Å². The monoisotopic (exact) mass is 426 g/mol. The van der Waals surface area contributed by atoms with E-state index >= 15 is 0 Å². The SMILES string of the molecule is Cc1c(Cl)cccc1N1C(=O)/C(=C/c2ccc3c(c2)CCCO3)SC1=NC(C)C. The van der Waals surface area contributed by atoms with Crippen molar-refractivity contribution < 1.29 is 9.53 Å². The Kier molecular flexibility index (Phi) is 5.70. The fourth-order valence-electron chi connectivity index (χ4n) is 3.45. The number of carbonyl (C=O) groups excluding carboxylic acids is 1. The van der Waals surface area contributed by atoms with Crippen molar-refractivity contribution in [2.75, 3.05) is 11.5 Å². The van der Waals surface area contributed by atoms with Crippen LogP contribution >= 0.6 is 23.4 Å². The van der Waals surface area contributed by atoms with Gasteiger partial charge in [-0.05, 0) is 92.4 Å². The fraction of sp³-hybridized carbons (Fsp3) is 0.304. The van der Waals surface area contributed by atoms with E-state index in [9.17, 15) is 4.79 Å². The summed E-state index contributed by atoms with van der Waals surface area (Å²) in [4.78, 5) is 20.4. The predicted molar refractivity (Wildman–Crippen MR) is 122 cm³/mol. The van der Waals surface area contributed by atoms with Crippen molar-refractivity contribution in [3.63, 3.8) is 0 Å². The first-order chi connectivity index (χ1) is 13.9. The molecule has 150 valence electrons. The lowest BCUT2D eigenvalue weighted by atomic mass is 10.0. The van der Waals surface area contributed by atoms with E-state index in [4.69, 9.17) is 21.3 Å². The normalized spacial score (nSPS) is 19.2. The van der Waals surface area contributed by atoms with Crippen molar-refractivity contribution in [2.45, 2.75) is 39.7 Å². The van der Waals surface area contributed by atoms with Crippen molar-refractivity contribution in [1.29, 1.82) is 0 Å². The Hall–Kier alpha value is -2.24. The van der Waals surface area contributed by atoms with Gasteiger partial charge in [-0.3, -0.25) is 14.7 Å². The molecule has 0 radical (unpaired) electrons. The predicted octanol–water partition coefficient (Wildman–Crippen LogP) is 5.86. The topological polar surface area (TPSA) is 41.9 Å². The third-order valence-corrected chi connectivity index (χ3v) is 6.28. The first kappa shape index (κ1) is 20.0. The summed E-state index contributed by atoms with van der Waals surface area (Å²) in [6.45, 7) is 6.71. The van der Waals surface area contributed by atoms with Crippen LogP contribution < -0.4 is 9.64 Å². The Bertz CT molecular complexity index is 1030. The summed E-state index contributed by atoms with van der Waals surface area (Å²) in [6.07, 6.45) is 3.96. The number of benzene rings is 2. The number of hydrogen-bond acceptors (Lipinski definition) is 4. The largest absolute Gasteiger partial charge is 0.493 e. The molecule has 2 aliphatic heterocycles. The standard InChI is InChI=1S/C23H23ClN2O2S/c1-14(2)25-23-26(19-8-4-7-18(24)15(19)3)22(27)21(29-23)13-16-9-10-20-17(12-16)6-5-11-28-20/h4,7-10,12-14H,5-6,11H2,1-3H3/b21-13-,25-23?. The van der Waals surface area contributed by atoms with Crippen LogP contribution in [0.4, 0.5) is 5.69 Å². The molecule has 29 heavy (non-hydrogen) atoms. The van der Waals surface area contributed by atoms with Crippen molar-refractivity contribution in [3.8, 4) is 5.75 Å². The van der Waals surface area contributed by atoms with Crippen LogP contribution in [0.3, 0.4) is 0 Å². The van der Waals surface area contributed by atoms with E-state index in [-0.39, 0.29) is 11.9 Å². The van der Waals surface area contributed by atoms with Gasteiger partial charge in [0.15, 0.2) is 5.17 Å². The van der Waals surface area contributed by atoms with E-state index in [1.54, 1.807) is 4.90 Å². The van der Waals surface area contributed by atoms with E-state index in [0.29, 0.717) is 15.1 Å². The molecular weight excluding hydrogens is 404 g/mol. The highest BCUT2D eigenvalue weighted by Crippen LogP contribution is 2.39. The number of amidine groups is 1. The molecule has 2 aliphatic rings. The van der Waals surface area contributed by atoms with Crippen LogP contribution in [-0.4, -0.2) is 23.7 Å². The molecule has 4 rings (SSSR count). The van der Waals surface area contributed by atoms with Crippen LogP contribution in [0.15, 0.2) is 46.3 Å². The number of ether oxygens (including phenoxy) is 1. The highest BCUT2D eigenvalue weighted by atomic mass is 35.5. The van der Waals surface area contributed by atoms with Gasteiger partial charge in [-0.2, -0.15) is 0 Å². The van der Waals surface area contributed by atoms with Gasteiger partial charge in [-0.25, -0.2) is 0 Å². The number of aliphatic imine (C=N–C) groups is 1. The first-order valence-corrected chi connectivity index (χ1v) is 11.0. The summed E-state index contributed by atoms with van der Waals surface area (Å²) in [6, 6.07) is 11.8. The van der Waals surface area contributed by atoms with Gasteiger partial charge in [0.2, 0.25) is 0 Å². The number of rotatable bonds is 3. The van der Waals surface area contributed by atoms with Gasteiger partial charge in [-0.1, -0.05) is 23.7 Å². The maximum absolute atomic E-state index is 13.3. The molecule has 0 N–H and O–H groups in total. The third-order valence-electron chi connectivity index (χ3n) is 4.89. The lowest BCUT2D eigenvalue weighted by molar-refractivity contribution is -0.113. The zero-order chi connectivity index (χ0) is 20.5. The molecule has 0 spiro atoms. The van der Waals surface area contributed by atoms with Crippen LogP contribution in [0.25, 0.3) is 6.08 Å². The highest BCUT2D eigenvalue weighted by molar-refractivity contribution is 8.19. The number of amides is 1. The summed E-state index contributed by atoms with van der Waals surface area (Å²) >= 11 is 7.73. The molecule has 0 saturated carbocycles. The second-order valence-electron chi connectivity index (χ2n) is 7.46. The quantitative estimate of drug-likeness (QED) is 0.577. The van der Waals surface area contributed by atoms with Crippen LogP contribution in [0.1, 0.15) is 37.0 Å². The summed E-state index contributed by atoms with van der Waals surface area (Å²) in [7, 11) is 0. The minimum Gasteiger partial charge on any atom is -0.493 e. The second-order valence-corrected chi connectivity index (χ2v) is 8.88. The van der Waals surface area contributed by atoms with Gasteiger partial charge in [0.1, 0.15) is 5.75 Å². The highest BCUT2D eigenvalue weighted by Gasteiger charge is 2.35. The van der Waals surface area contributed by atoms with Crippen LogP contribution in [0, 0.1) is 6.92 Å². The maximum Gasteiger partial charge on any atom is 0.271 e.